The van der Waals surface area contributed by atoms with Crippen LogP contribution in [0.1, 0.15) is 61.6 Å². The van der Waals surface area contributed by atoms with Crippen LogP contribution < -0.4 is 9.62 Å². The summed E-state index contributed by atoms with van der Waals surface area (Å²) in [5, 5.41) is 2.94. The molecule has 4 aliphatic rings. The maximum atomic E-state index is 13.1. The number of sulfonamides is 1. The van der Waals surface area contributed by atoms with Gasteiger partial charge in [0.15, 0.2) is 0 Å². The van der Waals surface area contributed by atoms with Gasteiger partial charge >= 0.3 is 0 Å². The third-order valence-corrected chi connectivity index (χ3v) is 9.86. The number of benzene rings is 2. The number of rotatable bonds is 6. The third kappa shape index (κ3) is 4.37. The van der Waals surface area contributed by atoms with E-state index in [4.69, 9.17) is 0 Å². The fourth-order valence-electron chi connectivity index (χ4n) is 7.18. The molecule has 4 fully saturated rings. The molecule has 0 radical (unpaired) electrons. The van der Waals surface area contributed by atoms with Crippen molar-refractivity contribution in [2.75, 3.05) is 15.9 Å². The molecular weight excluding hydrogens is 444 g/mol. The minimum absolute atomic E-state index is 0.342. The van der Waals surface area contributed by atoms with Crippen molar-refractivity contribution in [1.29, 1.82) is 0 Å². The van der Waals surface area contributed by atoms with Gasteiger partial charge in [-0.2, -0.15) is 0 Å². The van der Waals surface area contributed by atoms with E-state index in [-0.39, 0.29) is 5.91 Å². The van der Waals surface area contributed by atoms with Crippen molar-refractivity contribution in [3.05, 3.63) is 59.2 Å². The van der Waals surface area contributed by atoms with E-state index in [1.807, 2.05) is 38.1 Å². The van der Waals surface area contributed by atoms with Gasteiger partial charge in [0.2, 0.25) is 15.9 Å². The van der Waals surface area contributed by atoms with Gasteiger partial charge in [-0.25, -0.2) is 8.42 Å². The van der Waals surface area contributed by atoms with E-state index in [0.717, 1.165) is 41.1 Å². The molecule has 0 aliphatic heterocycles. The molecule has 0 saturated heterocycles. The van der Waals surface area contributed by atoms with Crippen LogP contribution in [0.25, 0.3) is 0 Å². The van der Waals surface area contributed by atoms with Gasteiger partial charge in [-0.15, -0.1) is 0 Å². The van der Waals surface area contributed by atoms with Crippen molar-refractivity contribution >= 4 is 27.3 Å². The molecule has 1 unspecified atom stereocenters. The zero-order valence-corrected chi connectivity index (χ0v) is 21.4. The van der Waals surface area contributed by atoms with Crippen LogP contribution in [0.3, 0.4) is 0 Å². The van der Waals surface area contributed by atoms with E-state index in [1.54, 1.807) is 13.0 Å². The number of hydrogen-bond donors (Lipinski definition) is 1. The molecule has 1 atom stereocenters. The zero-order chi connectivity index (χ0) is 24.2. The Morgan fingerprint density at radius 1 is 0.912 bits per heavy atom. The van der Waals surface area contributed by atoms with Crippen molar-refractivity contribution < 1.29 is 13.2 Å². The van der Waals surface area contributed by atoms with Gasteiger partial charge in [0.05, 0.1) is 11.9 Å². The standard InChI is InChI=1S/C28H36N2O3S/c1-17-5-10-26(11-18(17)2)30(34(4,32)33)19(3)28(31)29-25-8-6-22(7-9-25)27-23-13-20-12-21(15-23)16-24(27)14-20/h5-11,19-21,23-24,27H,12-16H2,1-4H3,(H,29,31). The van der Waals surface area contributed by atoms with Gasteiger partial charge in [-0.1, -0.05) is 18.2 Å². The Kier molecular flexibility index (Phi) is 5.99. The molecule has 1 N–H and O–H groups in total. The molecule has 0 spiro atoms. The molecule has 34 heavy (non-hydrogen) atoms. The van der Waals surface area contributed by atoms with Crippen LogP contribution in [0, 0.1) is 37.5 Å². The Morgan fingerprint density at radius 2 is 1.50 bits per heavy atom. The molecule has 4 bridgehead atoms. The monoisotopic (exact) mass is 480 g/mol. The predicted molar refractivity (Wildman–Crippen MR) is 138 cm³/mol. The Labute approximate surface area is 204 Å². The highest BCUT2D eigenvalue weighted by Crippen LogP contribution is 2.59. The topological polar surface area (TPSA) is 66.5 Å². The predicted octanol–water partition coefficient (Wildman–Crippen LogP) is 5.64. The average molecular weight is 481 g/mol. The molecule has 0 heterocycles. The van der Waals surface area contributed by atoms with Gasteiger partial charge in [0.1, 0.15) is 6.04 Å². The second-order valence-electron chi connectivity index (χ2n) is 11.1. The van der Waals surface area contributed by atoms with E-state index in [0.29, 0.717) is 17.3 Å². The van der Waals surface area contributed by atoms with Crippen molar-refractivity contribution in [3.8, 4) is 0 Å². The van der Waals surface area contributed by atoms with E-state index in [9.17, 15) is 13.2 Å². The fourth-order valence-corrected chi connectivity index (χ4v) is 8.34. The maximum absolute atomic E-state index is 13.1. The molecular formula is C28H36N2O3S. The lowest BCUT2D eigenvalue weighted by Gasteiger charge is -2.54. The second-order valence-corrected chi connectivity index (χ2v) is 12.9. The number of amides is 1. The van der Waals surface area contributed by atoms with E-state index >= 15 is 0 Å². The molecule has 2 aromatic rings. The summed E-state index contributed by atoms with van der Waals surface area (Å²) in [5.41, 5.74) is 4.67. The van der Waals surface area contributed by atoms with E-state index in [2.05, 4.69) is 17.4 Å². The second kappa shape index (κ2) is 8.71. The molecule has 4 aliphatic carbocycles. The summed E-state index contributed by atoms with van der Waals surface area (Å²) < 4.78 is 26.4. The zero-order valence-electron chi connectivity index (χ0n) is 20.6. The number of hydrogen-bond acceptors (Lipinski definition) is 3. The third-order valence-electron chi connectivity index (χ3n) is 8.62. The summed E-state index contributed by atoms with van der Waals surface area (Å²) in [4.78, 5) is 13.1. The van der Waals surface area contributed by atoms with Crippen LogP contribution in [0.2, 0.25) is 0 Å². The quantitative estimate of drug-likeness (QED) is 0.582. The average Bonchev–Trinajstić information content (AvgIpc) is 2.75. The fraction of sp³-hybridized carbons (Fsp3) is 0.536. The number of aryl methyl sites for hydroxylation is 2. The number of carbonyl (C=O) groups excluding carboxylic acids is 1. The largest absolute Gasteiger partial charge is 0.324 e. The lowest BCUT2D eigenvalue weighted by Crippen LogP contribution is -2.45. The van der Waals surface area contributed by atoms with E-state index in [1.165, 1.54) is 42.0 Å². The molecule has 1 amide bonds. The highest BCUT2D eigenvalue weighted by molar-refractivity contribution is 7.92. The lowest BCUT2D eigenvalue weighted by molar-refractivity contribution is -0.116. The Morgan fingerprint density at radius 3 is 2.03 bits per heavy atom. The molecule has 0 aromatic heterocycles. The smallest absolute Gasteiger partial charge is 0.247 e. The van der Waals surface area contributed by atoms with Crippen molar-refractivity contribution in [1.82, 2.24) is 0 Å². The highest BCUT2D eigenvalue weighted by atomic mass is 32.2. The summed E-state index contributed by atoms with van der Waals surface area (Å²) >= 11 is 0. The normalized spacial score (nSPS) is 28.5. The highest BCUT2D eigenvalue weighted by Gasteiger charge is 2.48. The van der Waals surface area contributed by atoms with Gasteiger partial charge in [0.25, 0.3) is 0 Å². The first-order chi connectivity index (χ1) is 16.1. The Hall–Kier alpha value is -2.34. The minimum atomic E-state index is -3.64. The Bertz CT molecular complexity index is 1160. The van der Waals surface area contributed by atoms with Crippen LogP contribution >= 0.6 is 0 Å². The van der Waals surface area contributed by atoms with Crippen LogP contribution in [0.5, 0.6) is 0 Å². The number of carbonyl (C=O) groups is 1. The van der Waals surface area contributed by atoms with Gasteiger partial charge < -0.3 is 5.32 Å². The van der Waals surface area contributed by atoms with Gasteiger partial charge in [-0.05, 0) is 123 Å². The first kappa shape index (κ1) is 23.4. The lowest BCUT2D eigenvalue weighted by atomic mass is 9.51. The minimum Gasteiger partial charge on any atom is -0.324 e. The molecule has 5 nitrogen and oxygen atoms in total. The van der Waals surface area contributed by atoms with E-state index < -0.39 is 16.1 Å². The first-order valence-electron chi connectivity index (χ1n) is 12.6. The van der Waals surface area contributed by atoms with Crippen molar-refractivity contribution in [2.45, 2.75) is 64.8 Å². The van der Waals surface area contributed by atoms with Crippen LogP contribution in [-0.4, -0.2) is 26.6 Å². The van der Waals surface area contributed by atoms with Gasteiger partial charge in [0, 0.05) is 5.69 Å². The summed E-state index contributed by atoms with van der Waals surface area (Å²) in [7, 11) is -3.64. The number of nitrogens with one attached hydrogen (secondary N) is 1. The SMILES string of the molecule is Cc1ccc(N(C(C)C(=O)Nc2ccc(C3C4CC5CC(C4)CC3C5)cc2)S(C)(=O)=O)cc1C. The number of anilines is 2. The maximum Gasteiger partial charge on any atom is 0.247 e. The molecule has 182 valence electrons. The summed E-state index contributed by atoms with van der Waals surface area (Å²) in [5.74, 6) is 3.85. The Balaban J connectivity index is 1.31. The number of nitrogens with zero attached hydrogens (tertiary/aromatic N) is 1. The molecule has 2 aromatic carbocycles. The van der Waals surface area contributed by atoms with Crippen LogP contribution in [0.15, 0.2) is 42.5 Å². The summed E-state index contributed by atoms with van der Waals surface area (Å²) in [6, 6.07) is 12.9. The first-order valence-corrected chi connectivity index (χ1v) is 14.4. The summed E-state index contributed by atoms with van der Waals surface area (Å²) in [6.07, 6.45) is 8.13. The molecule has 4 saturated carbocycles. The molecule has 6 rings (SSSR count). The summed E-state index contributed by atoms with van der Waals surface area (Å²) in [6.45, 7) is 5.55. The van der Waals surface area contributed by atoms with Crippen molar-refractivity contribution in [2.24, 2.45) is 23.7 Å². The van der Waals surface area contributed by atoms with Crippen molar-refractivity contribution in [3.63, 3.8) is 0 Å². The van der Waals surface area contributed by atoms with Crippen LogP contribution in [-0.2, 0) is 14.8 Å². The molecule has 6 heteroatoms. The van der Waals surface area contributed by atoms with Gasteiger partial charge in [-0.3, -0.25) is 9.10 Å². The van der Waals surface area contributed by atoms with Crippen LogP contribution in [0.4, 0.5) is 11.4 Å².